The van der Waals surface area contributed by atoms with E-state index in [1.165, 1.54) is 4.57 Å². The molecule has 5 aromatic rings. The molecule has 2 aromatic carbocycles. The second-order valence-corrected chi connectivity index (χ2v) is 6.59. The lowest BCUT2D eigenvalue weighted by Gasteiger charge is -2.05. The molecule has 0 amide bonds. The Morgan fingerprint density at radius 2 is 1.61 bits per heavy atom. The van der Waals surface area contributed by atoms with Crippen molar-refractivity contribution in [2.24, 2.45) is 7.05 Å². The molecule has 0 aliphatic carbocycles. The van der Waals surface area contributed by atoms with Crippen LogP contribution < -0.4 is 11.2 Å². The molecule has 0 spiro atoms. The van der Waals surface area contributed by atoms with Gasteiger partial charge in [-0.25, -0.2) is 9.20 Å². The van der Waals surface area contributed by atoms with Crippen molar-refractivity contribution in [3.8, 4) is 11.4 Å². The smallest absolute Gasteiger partial charge is 0.298 e. The highest BCUT2D eigenvalue weighted by atomic mass is 16.2. The maximum atomic E-state index is 12.7. The minimum atomic E-state index is -0.482. The number of hydrogen-bond acceptors (Lipinski definition) is 4. The molecule has 0 atom stereocenters. The second kappa shape index (κ2) is 6.05. The first kappa shape index (κ1) is 16.2. The molecule has 8 nitrogen and oxygen atoms in total. The van der Waals surface area contributed by atoms with Crippen LogP contribution in [0.5, 0.6) is 0 Å². The first-order valence-electron chi connectivity index (χ1n) is 8.81. The fourth-order valence-electron chi connectivity index (χ4n) is 3.53. The fourth-order valence-corrected chi connectivity index (χ4v) is 3.53. The third kappa shape index (κ3) is 2.31. The van der Waals surface area contributed by atoms with Crippen LogP contribution in [0.2, 0.25) is 0 Å². The number of imidazole rings is 1. The summed E-state index contributed by atoms with van der Waals surface area (Å²) in [5, 5.41) is 8.69. The number of nitrogens with one attached hydrogen (secondary N) is 1. The van der Waals surface area contributed by atoms with E-state index in [9.17, 15) is 9.59 Å². The quantitative estimate of drug-likeness (QED) is 0.523. The molecule has 0 aliphatic rings. The van der Waals surface area contributed by atoms with E-state index < -0.39 is 11.2 Å². The molecule has 138 valence electrons. The van der Waals surface area contributed by atoms with Crippen molar-refractivity contribution in [2.45, 2.75) is 6.54 Å². The summed E-state index contributed by atoms with van der Waals surface area (Å²) >= 11 is 0. The minimum absolute atomic E-state index is 0.382. The highest BCUT2D eigenvalue weighted by molar-refractivity contribution is 5.79. The summed E-state index contributed by atoms with van der Waals surface area (Å²) in [5.74, 6) is 1.08. The van der Waals surface area contributed by atoms with Crippen LogP contribution >= 0.6 is 0 Å². The van der Waals surface area contributed by atoms with Crippen molar-refractivity contribution in [1.29, 1.82) is 0 Å². The average Bonchev–Trinajstić information content (AvgIpc) is 3.27. The third-order valence-corrected chi connectivity index (χ3v) is 4.85. The Hall–Kier alpha value is -3.94. The molecule has 0 bridgehead atoms. The minimum Gasteiger partial charge on any atom is -0.298 e. The highest BCUT2D eigenvalue weighted by Crippen LogP contribution is 2.24. The summed E-state index contributed by atoms with van der Waals surface area (Å²) in [6.07, 6.45) is 0. The molecule has 3 aromatic heterocycles. The number of aromatic amines is 1. The molecular formula is C20H16N6O2. The molecule has 8 heteroatoms. The molecule has 0 aliphatic heterocycles. The van der Waals surface area contributed by atoms with Crippen LogP contribution in [-0.2, 0) is 13.6 Å². The largest absolute Gasteiger partial charge is 0.329 e. The lowest BCUT2D eigenvalue weighted by Crippen LogP contribution is -2.29. The summed E-state index contributed by atoms with van der Waals surface area (Å²) in [7, 11) is 1.63. The van der Waals surface area contributed by atoms with E-state index in [2.05, 4.69) is 15.2 Å². The second-order valence-electron chi connectivity index (χ2n) is 6.59. The van der Waals surface area contributed by atoms with Gasteiger partial charge in [0.2, 0.25) is 5.78 Å². The van der Waals surface area contributed by atoms with Crippen LogP contribution in [0.15, 0.2) is 70.3 Å². The van der Waals surface area contributed by atoms with Gasteiger partial charge in [-0.3, -0.25) is 18.9 Å². The van der Waals surface area contributed by atoms with E-state index in [1.807, 2.05) is 60.7 Å². The van der Waals surface area contributed by atoms with Crippen molar-refractivity contribution in [1.82, 2.24) is 28.7 Å². The number of aryl methyl sites for hydroxylation is 1. The lowest BCUT2D eigenvalue weighted by atomic mass is 10.2. The average molecular weight is 372 g/mol. The van der Waals surface area contributed by atoms with Gasteiger partial charge in [0.15, 0.2) is 17.0 Å². The van der Waals surface area contributed by atoms with Gasteiger partial charge in [-0.1, -0.05) is 60.7 Å². The van der Waals surface area contributed by atoms with Crippen LogP contribution in [0.1, 0.15) is 5.56 Å². The molecular weight excluding hydrogens is 356 g/mol. The molecule has 3 heterocycles. The van der Waals surface area contributed by atoms with E-state index in [-0.39, 0.29) is 0 Å². The molecule has 1 N–H and O–H groups in total. The zero-order valence-electron chi connectivity index (χ0n) is 15.0. The standard InChI is InChI=1S/C20H16N6O2/c1-24-18-15(17(27)21-20(24)28)25(12-13-8-4-2-5-9-13)19-23-22-16(26(18)19)14-10-6-3-7-11-14/h2-11H,12H2,1H3,(H,21,27,28). The Kier molecular flexibility index (Phi) is 3.51. The van der Waals surface area contributed by atoms with Gasteiger partial charge in [0.05, 0.1) is 6.54 Å². The van der Waals surface area contributed by atoms with Gasteiger partial charge >= 0.3 is 5.69 Å². The summed E-state index contributed by atoms with van der Waals surface area (Å²) < 4.78 is 4.98. The number of rotatable bonds is 3. The predicted molar refractivity (Wildman–Crippen MR) is 105 cm³/mol. The first-order valence-corrected chi connectivity index (χ1v) is 8.81. The van der Waals surface area contributed by atoms with Crippen LogP contribution in [-0.4, -0.2) is 28.7 Å². The summed E-state index contributed by atoms with van der Waals surface area (Å²) in [5.41, 5.74) is 1.78. The van der Waals surface area contributed by atoms with Gasteiger partial charge in [-0.05, 0) is 5.56 Å². The number of aromatic nitrogens is 6. The summed E-state index contributed by atoms with van der Waals surface area (Å²) in [6, 6.07) is 19.4. The van der Waals surface area contributed by atoms with E-state index >= 15 is 0 Å². The zero-order valence-corrected chi connectivity index (χ0v) is 15.0. The topological polar surface area (TPSA) is 90.0 Å². The highest BCUT2D eigenvalue weighted by Gasteiger charge is 2.22. The SMILES string of the molecule is Cn1c(=O)[nH]c(=O)c2c1n1c(-c3ccccc3)nnc1n2Cc1ccccc1. The Labute approximate surface area is 158 Å². The van der Waals surface area contributed by atoms with Crippen LogP contribution in [0.4, 0.5) is 0 Å². The number of H-pyrrole nitrogens is 1. The van der Waals surface area contributed by atoms with Gasteiger partial charge in [0.25, 0.3) is 5.56 Å². The number of hydrogen-bond donors (Lipinski definition) is 1. The maximum absolute atomic E-state index is 12.7. The molecule has 0 radical (unpaired) electrons. The van der Waals surface area contributed by atoms with E-state index in [1.54, 1.807) is 16.0 Å². The normalized spacial score (nSPS) is 11.5. The van der Waals surface area contributed by atoms with Crippen LogP contribution in [0.25, 0.3) is 28.3 Å². The van der Waals surface area contributed by atoms with Crippen LogP contribution in [0.3, 0.4) is 0 Å². The lowest BCUT2D eigenvalue weighted by molar-refractivity contribution is 0.809. The van der Waals surface area contributed by atoms with Gasteiger partial charge in [0.1, 0.15) is 0 Å². The van der Waals surface area contributed by atoms with Crippen molar-refractivity contribution in [3.63, 3.8) is 0 Å². The van der Waals surface area contributed by atoms with Crippen molar-refractivity contribution in [3.05, 3.63) is 87.1 Å². The fraction of sp³-hybridized carbons (Fsp3) is 0.100. The maximum Gasteiger partial charge on any atom is 0.329 e. The Balaban J connectivity index is 1.92. The molecule has 0 unspecified atom stereocenters. The monoisotopic (exact) mass is 372 g/mol. The Morgan fingerprint density at radius 3 is 2.32 bits per heavy atom. The number of nitrogens with zero attached hydrogens (tertiary/aromatic N) is 5. The molecule has 5 rings (SSSR count). The van der Waals surface area contributed by atoms with Gasteiger partial charge in [0, 0.05) is 12.6 Å². The van der Waals surface area contributed by atoms with Gasteiger partial charge in [-0.2, -0.15) is 0 Å². The van der Waals surface area contributed by atoms with Gasteiger partial charge < -0.3 is 0 Å². The van der Waals surface area contributed by atoms with Crippen molar-refractivity contribution >= 4 is 16.9 Å². The molecule has 0 saturated heterocycles. The summed E-state index contributed by atoms with van der Waals surface area (Å²) in [6.45, 7) is 0.433. The van der Waals surface area contributed by atoms with Gasteiger partial charge in [-0.15, -0.1) is 10.2 Å². The zero-order chi connectivity index (χ0) is 19.3. The Morgan fingerprint density at radius 1 is 0.929 bits per heavy atom. The van der Waals surface area contributed by atoms with E-state index in [0.717, 1.165) is 11.1 Å². The number of benzene rings is 2. The predicted octanol–water partition coefficient (Wildman–Crippen LogP) is 1.79. The molecule has 28 heavy (non-hydrogen) atoms. The van der Waals surface area contributed by atoms with E-state index in [0.29, 0.717) is 29.3 Å². The van der Waals surface area contributed by atoms with Crippen molar-refractivity contribution < 1.29 is 0 Å². The molecule has 0 saturated carbocycles. The van der Waals surface area contributed by atoms with Crippen molar-refractivity contribution in [2.75, 3.05) is 0 Å². The van der Waals surface area contributed by atoms with Crippen LogP contribution in [0, 0.1) is 0 Å². The Bertz CT molecular complexity index is 1420. The third-order valence-electron chi connectivity index (χ3n) is 4.85. The first-order chi connectivity index (χ1) is 13.6. The number of fused-ring (bicyclic) bond motifs is 3. The molecule has 0 fully saturated rings. The van der Waals surface area contributed by atoms with E-state index in [4.69, 9.17) is 0 Å². The summed E-state index contributed by atoms with van der Waals surface area (Å²) in [4.78, 5) is 27.4.